The number of carboxylic acids is 1. The minimum absolute atomic E-state index is 0.0367. The van der Waals surface area contributed by atoms with Gasteiger partial charge in [0.15, 0.2) is 0 Å². The molecule has 1 heterocycles. The third-order valence-corrected chi connectivity index (χ3v) is 3.76. The number of hydrogen-bond donors (Lipinski definition) is 1. The fourth-order valence-electron chi connectivity index (χ4n) is 2.74. The lowest BCUT2D eigenvalue weighted by Gasteiger charge is -2.39. The SMILES string of the molecule is CC(c1ccccc1[N+](=O)[O-])N1CCOCC1CC(=O)O. The second-order valence-electron chi connectivity index (χ2n) is 5.06. The van der Waals surface area contributed by atoms with E-state index in [0.29, 0.717) is 25.3 Å². The summed E-state index contributed by atoms with van der Waals surface area (Å²) in [5, 5.41) is 20.1. The standard InChI is InChI=1S/C14H18N2O5/c1-10(12-4-2-3-5-13(12)16(19)20)15-6-7-21-9-11(15)8-14(17)18/h2-5,10-11H,6-9H2,1H3,(H,17,18). The van der Waals surface area contributed by atoms with Crippen LogP contribution in [-0.4, -0.2) is 46.7 Å². The van der Waals surface area contributed by atoms with Crippen LogP contribution >= 0.6 is 0 Å². The maximum absolute atomic E-state index is 11.1. The predicted molar refractivity (Wildman–Crippen MR) is 75.1 cm³/mol. The Balaban J connectivity index is 2.26. The van der Waals surface area contributed by atoms with Gasteiger partial charge in [0.05, 0.1) is 24.6 Å². The van der Waals surface area contributed by atoms with Gasteiger partial charge < -0.3 is 9.84 Å². The molecular formula is C14H18N2O5. The highest BCUT2D eigenvalue weighted by molar-refractivity contribution is 5.67. The molecule has 1 aromatic carbocycles. The second-order valence-corrected chi connectivity index (χ2v) is 5.06. The lowest BCUT2D eigenvalue weighted by atomic mass is 10.0. The molecule has 7 nitrogen and oxygen atoms in total. The third-order valence-electron chi connectivity index (χ3n) is 3.76. The molecule has 1 N–H and O–H groups in total. The number of carboxylic acid groups (broad SMARTS) is 1. The highest BCUT2D eigenvalue weighted by atomic mass is 16.6. The fraction of sp³-hybridized carbons (Fsp3) is 0.500. The zero-order valence-electron chi connectivity index (χ0n) is 11.8. The van der Waals surface area contributed by atoms with E-state index >= 15 is 0 Å². The smallest absolute Gasteiger partial charge is 0.305 e. The minimum atomic E-state index is -0.898. The van der Waals surface area contributed by atoms with E-state index in [0.717, 1.165) is 0 Å². The third kappa shape index (κ3) is 3.56. The molecule has 1 fully saturated rings. The monoisotopic (exact) mass is 294 g/mol. The van der Waals surface area contributed by atoms with Crippen LogP contribution in [0.2, 0.25) is 0 Å². The molecule has 2 unspecified atom stereocenters. The lowest BCUT2D eigenvalue weighted by molar-refractivity contribution is -0.386. The molecule has 21 heavy (non-hydrogen) atoms. The van der Waals surface area contributed by atoms with Gasteiger partial charge in [0.25, 0.3) is 5.69 Å². The summed E-state index contributed by atoms with van der Waals surface area (Å²) in [5.74, 6) is -0.898. The first kappa shape index (κ1) is 15.4. The number of rotatable bonds is 5. The molecule has 0 aromatic heterocycles. The number of benzene rings is 1. The number of carbonyl (C=O) groups is 1. The molecule has 1 aromatic rings. The number of hydrogen-bond acceptors (Lipinski definition) is 5. The number of morpholine rings is 1. The van der Waals surface area contributed by atoms with Crippen LogP contribution in [0.4, 0.5) is 5.69 Å². The van der Waals surface area contributed by atoms with E-state index in [2.05, 4.69) is 0 Å². The number of para-hydroxylation sites is 1. The lowest BCUT2D eigenvalue weighted by Crippen LogP contribution is -2.47. The van der Waals surface area contributed by atoms with Gasteiger partial charge >= 0.3 is 5.97 Å². The van der Waals surface area contributed by atoms with Crippen LogP contribution in [-0.2, 0) is 9.53 Å². The topological polar surface area (TPSA) is 92.9 Å². The zero-order chi connectivity index (χ0) is 15.4. The van der Waals surface area contributed by atoms with Crippen molar-refractivity contribution in [1.82, 2.24) is 4.90 Å². The molecule has 7 heteroatoms. The molecule has 1 aliphatic rings. The van der Waals surface area contributed by atoms with Crippen LogP contribution in [0.5, 0.6) is 0 Å². The summed E-state index contributed by atoms with van der Waals surface area (Å²) >= 11 is 0. The average Bonchev–Trinajstić information content (AvgIpc) is 2.46. The van der Waals surface area contributed by atoms with E-state index in [4.69, 9.17) is 9.84 Å². The zero-order valence-corrected chi connectivity index (χ0v) is 11.8. The molecule has 0 bridgehead atoms. The number of nitro benzene ring substituents is 1. The first-order valence-electron chi connectivity index (χ1n) is 6.79. The van der Waals surface area contributed by atoms with Gasteiger partial charge in [0.1, 0.15) is 0 Å². The maximum atomic E-state index is 11.1. The normalized spacial score (nSPS) is 20.9. The quantitative estimate of drug-likeness (QED) is 0.658. The van der Waals surface area contributed by atoms with E-state index in [1.54, 1.807) is 18.2 Å². The first-order valence-corrected chi connectivity index (χ1v) is 6.79. The van der Waals surface area contributed by atoms with Crippen LogP contribution in [0.1, 0.15) is 24.9 Å². The molecular weight excluding hydrogens is 276 g/mol. The molecule has 0 amide bonds. The molecule has 1 aliphatic heterocycles. The summed E-state index contributed by atoms with van der Waals surface area (Å²) < 4.78 is 5.34. The number of nitrogens with zero attached hydrogens (tertiary/aromatic N) is 2. The number of aliphatic carboxylic acids is 1. The molecule has 2 rings (SSSR count). The Hall–Kier alpha value is -1.99. The van der Waals surface area contributed by atoms with Gasteiger partial charge in [0.2, 0.25) is 0 Å². The van der Waals surface area contributed by atoms with Crippen molar-refractivity contribution < 1.29 is 19.6 Å². The van der Waals surface area contributed by atoms with Gasteiger partial charge in [-0.15, -0.1) is 0 Å². The Morgan fingerprint density at radius 1 is 1.57 bits per heavy atom. The second kappa shape index (κ2) is 6.64. The summed E-state index contributed by atoms with van der Waals surface area (Å²) in [7, 11) is 0. The Morgan fingerprint density at radius 2 is 2.29 bits per heavy atom. The maximum Gasteiger partial charge on any atom is 0.305 e. The highest BCUT2D eigenvalue weighted by Gasteiger charge is 2.32. The van der Waals surface area contributed by atoms with Crippen LogP contribution in [0, 0.1) is 10.1 Å². The van der Waals surface area contributed by atoms with Crippen molar-refractivity contribution in [1.29, 1.82) is 0 Å². The molecule has 114 valence electrons. The summed E-state index contributed by atoms with van der Waals surface area (Å²) in [6.07, 6.45) is -0.0367. The number of nitro groups is 1. The van der Waals surface area contributed by atoms with Gasteiger partial charge in [-0.3, -0.25) is 19.8 Å². The molecule has 0 radical (unpaired) electrons. The van der Waals surface area contributed by atoms with Gasteiger partial charge in [-0.05, 0) is 6.92 Å². The van der Waals surface area contributed by atoms with E-state index in [1.165, 1.54) is 6.07 Å². The van der Waals surface area contributed by atoms with Crippen molar-refractivity contribution in [3.05, 3.63) is 39.9 Å². The van der Waals surface area contributed by atoms with E-state index in [1.807, 2.05) is 11.8 Å². The van der Waals surface area contributed by atoms with E-state index in [9.17, 15) is 14.9 Å². The van der Waals surface area contributed by atoms with E-state index < -0.39 is 10.9 Å². The fourth-order valence-corrected chi connectivity index (χ4v) is 2.74. The Bertz CT molecular complexity index is 534. The van der Waals surface area contributed by atoms with Crippen LogP contribution in [0.15, 0.2) is 24.3 Å². The Labute approximate surface area is 122 Å². The summed E-state index contributed by atoms with van der Waals surface area (Å²) in [6, 6.07) is 6.06. The molecule has 0 aliphatic carbocycles. The molecule has 1 saturated heterocycles. The van der Waals surface area contributed by atoms with Crippen molar-refractivity contribution in [3.63, 3.8) is 0 Å². The highest BCUT2D eigenvalue weighted by Crippen LogP contribution is 2.31. The van der Waals surface area contributed by atoms with Crippen LogP contribution < -0.4 is 0 Å². The van der Waals surface area contributed by atoms with Crippen molar-refractivity contribution >= 4 is 11.7 Å². The van der Waals surface area contributed by atoms with Gasteiger partial charge in [0, 0.05) is 30.3 Å². The minimum Gasteiger partial charge on any atom is -0.481 e. The Morgan fingerprint density at radius 3 is 2.95 bits per heavy atom. The largest absolute Gasteiger partial charge is 0.481 e. The molecule has 2 atom stereocenters. The predicted octanol–water partition coefficient (Wildman–Crippen LogP) is 1.83. The van der Waals surface area contributed by atoms with Gasteiger partial charge in [-0.2, -0.15) is 0 Å². The number of ether oxygens (including phenoxy) is 1. The average molecular weight is 294 g/mol. The summed E-state index contributed by atoms with van der Waals surface area (Å²) in [5.41, 5.74) is 0.658. The summed E-state index contributed by atoms with van der Waals surface area (Å²) in [4.78, 5) is 23.7. The van der Waals surface area contributed by atoms with Crippen LogP contribution in [0.25, 0.3) is 0 Å². The van der Waals surface area contributed by atoms with Crippen molar-refractivity contribution in [2.24, 2.45) is 0 Å². The van der Waals surface area contributed by atoms with Gasteiger partial charge in [-0.1, -0.05) is 18.2 Å². The van der Waals surface area contributed by atoms with Gasteiger partial charge in [-0.25, -0.2) is 0 Å². The summed E-state index contributed by atoms with van der Waals surface area (Å²) in [6.45, 7) is 3.26. The van der Waals surface area contributed by atoms with Crippen LogP contribution in [0.3, 0.4) is 0 Å². The van der Waals surface area contributed by atoms with E-state index in [-0.39, 0.29) is 24.2 Å². The van der Waals surface area contributed by atoms with Crippen molar-refractivity contribution in [2.75, 3.05) is 19.8 Å². The first-order chi connectivity index (χ1) is 10.0. The molecule has 0 spiro atoms. The Kier molecular flexibility index (Phi) is 4.87. The molecule has 0 saturated carbocycles. The van der Waals surface area contributed by atoms with Crippen molar-refractivity contribution in [3.8, 4) is 0 Å². The van der Waals surface area contributed by atoms with Crippen molar-refractivity contribution in [2.45, 2.75) is 25.4 Å².